The molecule has 90 valence electrons. The molecule has 17 heavy (non-hydrogen) atoms. The molecule has 0 bridgehead atoms. The topological polar surface area (TPSA) is 46.1 Å². The summed E-state index contributed by atoms with van der Waals surface area (Å²) in [6.45, 7) is 3.31. The van der Waals surface area contributed by atoms with Gasteiger partial charge in [0.05, 0.1) is 5.56 Å². The second-order valence-electron chi connectivity index (χ2n) is 3.94. The van der Waals surface area contributed by atoms with Crippen molar-refractivity contribution in [2.24, 2.45) is 0 Å². The Hall–Kier alpha value is -1.13. The van der Waals surface area contributed by atoms with Gasteiger partial charge in [0, 0.05) is 13.1 Å². The molecule has 0 N–H and O–H groups in total. The van der Waals surface area contributed by atoms with Crippen molar-refractivity contribution in [1.82, 2.24) is 15.1 Å². The van der Waals surface area contributed by atoms with Crippen LogP contribution in [0.2, 0.25) is 10.3 Å². The fourth-order valence-electron chi connectivity index (χ4n) is 1.76. The number of carbonyl (C=O) groups is 1. The molecule has 0 radical (unpaired) electrons. The molecule has 0 aliphatic carbocycles. The SMILES string of the molecule is CC1=CCCN(C(=O)c2cc(Cl)nnc2Cl)C1. The third kappa shape index (κ3) is 2.76. The number of aromatic nitrogens is 2. The Kier molecular flexibility index (Phi) is 3.64. The molecule has 1 aliphatic heterocycles. The summed E-state index contributed by atoms with van der Waals surface area (Å²) in [7, 11) is 0. The second kappa shape index (κ2) is 5.02. The van der Waals surface area contributed by atoms with Crippen LogP contribution in [0.15, 0.2) is 17.7 Å². The summed E-state index contributed by atoms with van der Waals surface area (Å²) in [6, 6.07) is 1.45. The van der Waals surface area contributed by atoms with E-state index in [1.54, 1.807) is 4.90 Å². The largest absolute Gasteiger partial charge is 0.334 e. The molecule has 0 saturated carbocycles. The first-order valence-corrected chi connectivity index (χ1v) is 5.97. The van der Waals surface area contributed by atoms with Crippen LogP contribution in [0.3, 0.4) is 0 Å². The van der Waals surface area contributed by atoms with Gasteiger partial charge in [-0.15, -0.1) is 10.2 Å². The standard InChI is InChI=1S/C11H11Cl2N3O/c1-7-3-2-4-16(6-7)11(17)8-5-9(12)14-15-10(8)13/h3,5H,2,4,6H2,1H3. The predicted octanol–water partition coefficient (Wildman–Crippen LogP) is 2.58. The summed E-state index contributed by atoms with van der Waals surface area (Å²) >= 11 is 11.6. The normalized spacial score (nSPS) is 15.7. The number of hydrogen-bond donors (Lipinski definition) is 0. The Balaban J connectivity index is 2.25. The van der Waals surface area contributed by atoms with Gasteiger partial charge >= 0.3 is 0 Å². The molecule has 0 spiro atoms. The van der Waals surface area contributed by atoms with E-state index in [1.165, 1.54) is 11.6 Å². The number of hydrogen-bond acceptors (Lipinski definition) is 3. The van der Waals surface area contributed by atoms with Crippen molar-refractivity contribution in [1.29, 1.82) is 0 Å². The summed E-state index contributed by atoms with van der Waals surface area (Å²) in [6.07, 6.45) is 2.99. The van der Waals surface area contributed by atoms with Crippen LogP contribution in [-0.4, -0.2) is 34.1 Å². The number of nitrogens with zero attached hydrogens (tertiary/aromatic N) is 3. The fourth-order valence-corrected chi connectivity index (χ4v) is 2.08. The van der Waals surface area contributed by atoms with E-state index in [0.717, 1.165) is 6.42 Å². The zero-order valence-corrected chi connectivity index (χ0v) is 10.8. The van der Waals surface area contributed by atoms with E-state index in [2.05, 4.69) is 16.3 Å². The van der Waals surface area contributed by atoms with Gasteiger partial charge in [0.2, 0.25) is 0 Å². The van der Waals surface area contributed by atoms with Crippen LogP contribution in [0.4, 0.5) is 0 Å². The molecular formula is C11H11Cl2N3O. The Morgan fingerprint density at radius 2 is 2.18 bits per heavy atom. The highest BCUT2D eigenvalue weighted by Crippen LogP contribution is 2.19. The Bertz CT molecular complexity index is 488. The van der Waals surface area contributed by atoms with E-state index in [1.807, 2.05) is 6.92 Å². The molecule has 0 aromatic carbocycles. The summed E-state index contributed by atoms with van der Waals surface area (Å²) in [5.74, 6) is -0.153. The summed E-state index contributed by atoms with van der Waals surface area (Å²) in [5, 5.41) is 7.48. The third-order valence-corrected chi connectivity index (χ3v) is 3.03. The first-order chi connectivity index (χ1) is 8.08. The zero-order valence-electron chi connectivity index (χ0n) is 9.28. The maximum atomic E-state index is 12.2. The van der Waals surface area contributed by atoms with Crippen LogP contribution in [-0.2, 0) is 0 Å². The van der Waals surface area contributed by atoms with Crippen molar-refractivity contribution < 1.29 is 4.79 Å². The quantitative estimate of drug-likeness (QED) is 0.738. The molecular weight excluding hydrogens is 261 g/mol. The number of halogens is 2. The molecule has 4 nitrogen and oxygen atoms in total. The average molecular weight is 272 g/mol. The molecule has 0 atom stereocenters. The highest BCUT2D eigenvalue weighted by Gasteiger charge is 2.21. The van der Waals surface area contributed by atoms with Crippen molar-refractivity contribution in [3.8, 4) is 0 Å². The van der Waals surface area contributed by atoms with Gasteiger partial charge in [0.15, 0.2) is 10.3 Å². The minimum Gasteiger partial charge on any atom is -0.334 e. The van der Waals surface area contributed by atoms with Crippen molar-refractivity contribution >= 4 is 29.1 Å². The van der Waals surface area contributed by atoms with Gasteiger partial charge in [-0.3, -0.25) is 4.79 Å². The number of rotatable bonds is 1. The molecule has 0 unspecified atom stereocenters. The predicted molar refractivity (Wildman–Crippen MR) is 66.3 cm³/mol. The van der Waals surface area contributed by atoms with Gasteiger partial charge in [-0.2, -0.15) is 0 Å². The first kappa shape index (κ1) is 12.3. The van der Waals surface area contributed by atoms with Gasteiger partial charge in [-0.1, -0.05) is 34.9 Å². The maximum Gasteiger partial charge on any atom is 0.257 e. The monoisotopic (exact) mass is 271 g/mol. The summed E-state index contributed by atoms with van der Waals surface area (Å²) in [4.78, 5) is 13.9. The van der Waals surface area contributed by atoms with E-state index in [4.69, 9.17) is 23.2 Å². The van der Waals surface area contributed by atoms with Crippen LogP contribution in [0.25, 0.3) is 0 Å². The highest BCUT2D eigenvalue weighted by molar-refractivity contribution is 6.34. The van der Waals surface area contributed by atoms with Crippen LogP contribution in [0.5, 0.6) is 0 Å². The fraction of sp³-hybridized carbons (Fsp3) is 0.364. The minimum atomic E-state index is -0.153. The zero-order chi connectivity index (χ0) is 12.4. The van der Waals surface area contributed by atoms with Crippen LogP contribution in [0, 0.1) is 0 Å². The molecule has 2 rings (SSSR count). The van der Waals surface area contributed by atoms with E-state index in [9.17, 15) is 4.79 Å². The molecule has 1 amide bonds. The van der Waals surface area contributed by atoms with Gasteiger partial charge in [0.1, 0.15) is 0 Å². The van der Waals surface area contributed by atoms with Crippen molar-refractivity contribution in [2.75, 3.05) is 13.1 Å². The maximum absolute atomic E-state index is 12.2. The average Bonchev–Trinajstić information content (AvgIpc) is 2.31. The van der Waals surface area contributed by atoms with Crippen molar-refractivity contribution in [3.63, 3.8) is 0 Å². The van der Waals surface area contributed by atoms with Crippen molar-refractivity contribution in [2.45, 2.75) is 13.3 Å². The summed E-state index contributed by atoms with van der Waals surface area (Å²) in [5.41, 5.74) is 1.48. The van der Waals surface area contributed by atoms with Crippen LogP contribution < -0.4 is 0 Å². The lowest BCUT2D eigenvalue weighted by atomic mass is 10.1. The van der Waals surface area contributed by atoms with Crippen LogP contribution in [0.1, 0.15) is 23.7 Å². The number of carbonyl (C=O) groups excluding carboxylic acids is 1. The first-order valence-electron chi connectivity index (χ1n) is 5.21. The van der Waals surface area contributed by atoms with Gasteiger partial charge in [-0.25, -0.2) is 0 Å². The van der Waals surface area contributed by atoms with Gasteiger partial charge < -0.3 is 4.90 Å². The lowest BCUT2D eigenvalue weighted by Crippen LogP contribution is -2.35. The minimum absolute atomic E-state index is 0.0895. The smallest absolute Gasteiger partial charge is 0.257 e. The van der Waals surface area contributed by atoms with E-state index in [0.29, 0.717) is 18.7 Å². The lowest BCUT2D eigenvalue weighted by Gasteiger charge is -2.26. The Morgan fingerprint density at radius 3 is 2.88 bits per heavy atom. The molecule has 0 saturated heterocycles. The van der Waals surface area contributed by atoms with Gasteiger partial charge in [-0.05, 0) is 19.4 Å². The molecule has 1 aromatic heterocycles. The van der Waals surface area contributed by atoms with E-state index < -0.39 is 0 Å². The molecule has 1 aromatic rings. The molecule has 6 heteroatoms. The number of amides is 1. The summed E-state index contributed by atoms with van der Waals surface area (Å²) < 4.78 is 0. The van der Waals surface area contributed by atoms with Gasteiger partial charge in [0.25, 0.3) is 5.91 Å². The highest BCUT2D eigenvalue weighted by atomic mass is 35.5. The lowest BCUT2D eigenvalue weighted by molar-refractivity contribution is 0.0765. The Morgan fingerprint density at radius 1 is 1.41 bits per heavy atom. The second-order valence-corrected chi connectivity index (χ2v) is 4.68. The van der Waals surface area contributed by atoms with E-state index in [-0.39, 0.29) is 16.2 Å². The van der Waals surface area contributed by atoms with Crippen molar-refractivity contribution in [3.05, 3.63) is 33.6 Å². The van der Waals surface area contributed by atoms with E-state index >= 15 is 0 Å². The third-order valence-electron chi connectivity index (χ3n) is 2.57. The molecule has 0 fully saturated rings. The molecule has 2 heterocycles. The Labute approximate surface area is 109 Å². The van der Waals surface area contributed by atoms with Crippen LogP contribution >= 0.6 is 23.2 Å². The molecule has 1 aliphatic rings.